The first-order valence-electron chi connectivity index (χ1n) is 5.87. The molecule has 2 fully saturated rings. The number of hydrogen-bond donors (Lipinski definition) is 1. The van der Waals surface area contributed by atoms with Crippen LogP contribution in [0.15, 0.2) is 18.2 Å². The molecular formula is C13H15F2NO. The average Bonchev–Trinajstić information content (AvgIpc) is 3.01. The van der Waals surface area contributed by atoms with Crippen LogP contribution in [0.2, 0.25) is 0 Å². The maximum atomic E-state index is 13.9. The van der Waals surface area contributed by atoms with Crippen LogP contribution in [0.3, 0.4) is 0 Å². The second kappa shape index (κ2) is 3.50. The Bertz CT molecular complexity index is 453. The van der Waals surface area contributed by atoms with Crippen molar-refractivity contribution in [3.8, 4) is 0 Å². The Labute approximate surface area is 98.8 Å². The summed E-state index contributed by atoms with van der Waals surface area (Å²) in [6.45, 7) is 1.52. The molecule has 0 amide bonds. The Hall–Kier alpha value is -1.00. The van der Waals surface area contributed by atoms with Gasteiger partial charge in [-0.25, -0.2) is 8.78 Å². The second-order valence-corrected chi connectivity index (χ2v) is 5.18. The van der Waals surface area contributed by atoms with Gasteiger partial charge in [-0.2, -0.15) is 0 Å². The van der Waals surface area contributed by atoms with Crippen LogP contribution in [0.4, 0.5) is 8.78 Å². The van der Waals surface area contributed by atoms with E-state index in [1.165, 1.54) is 6.07 Å². The number of ether oxygens (including phenoxy) is 1. The fraction of sp³-hybridized carbons (Fsp3) is 0.538. The van der Waals surface area contributed by atoms with Crippen molar-refractivity contribution in [2.45, 2.75) is 18.3 Å². The molecule has 1 heterocycles. The van der Waals surface area contributed by atoms with Gasteiger partial charge >= 0.3 is 0 Å². The Balaban J connectivity index is 2.06. The SMILES string of the molecule is NCC1(C2(c3ccc(F)cc3F)COC2)CC1. The van der Waals surface area contributed by atoms with Crippen LogP contribution in [0.25, 0.3) is 0 Å². The van der Waals surface area contributed by atoms with Crippen LogP contribution in [0, 0.1) is 17.0 Å². The minimum absolute atomic E-state index is 0.0378. The van der Waals surface area contributed by atoms with Crippen molar-refractivity contribution < 1.29 is 13.5 Å². The summed E-state index contributed by atoms with van der Waals surface area (Å²) in [6, 6.07) is 3.80. The summed E-state index contributed by atoms with van der Waals surface area (Å²) in [4.78, 5) is 0. The van der Waals surface area contributed by atoms with E-state index in [9.17, 15) is 8.78 Å². The normalized spacial score (nSPS) is 24.2. The minimum atomic E-state index is -0.542. The highest BCUT2D eigenvalue weighted by atomic mass is 19.1. The third kappa shape index (κ3) is 1.37. The topological polar surface area (TPSA) is 35.2 Å². The molecule has 1 aliphatic heterocycles. The summed E-state index contributed by atoms with van der Waals surface area (Å²) in [5.41, 5.74) is 6.02. The van der Waals surface area contributed by atoms with Gasteiger partial charge in [0.1, 0.15) is 11.6 Å². The summed E-state index contributed by atoms with van der Waals surface area (Å²) in [5, 5.41) is 0. The molecule has 1 aliphatic carbocycles. The quantitative estimate of drug-likeness (QED) is 0.875. The van der Waals surface area contributed by atoms with Gasteiger partial charge in [-0.05, 0) is 36.4 Å². The summed E-state index contributed by atoms with van der Waals surface area (Å²) in [7, 11) is 0. The molecule has 1 aromatic carbocycles. The summed E-state index contributed by atoms with van der Waals surface area (Å²) < 4.78 is 32.2. The van der Waals surface area contributed by atoms with Crippen molar-refractivity contribution in [3.05, 3.63) is 35.4 Å². The molecule has 2 N–H and O–H groups in total. The van der Waals surface area contributed by atoms with Gasteiger partial charge in [0.05, 0.1) is 18.6 Å². The van der Waals surface area contributed by atoms with Gasteiger partial charge < -0.3 is 10.5 Å². The second-order valence-electron chi connectivity index (χ2n) is 5.18. The van der Waals surface area contributed by atoms with E-state index in [4.69, 9.17) is 10.5 Å². The predicted octanol–water partition coefficient (Wildman–Crippen LogP) is 1.97. The van der Waals surface area contributed by atoms with Crippen molar-refractivity contribution in [3.63, 3.8) is 0 Å². The number of halogens is 2. The summed E-state index contributed by atoms with van der Waals surface area (Å²) >= 11 is 0. The van der Waals surface area contributed by atoms with Gasteiger partial charge in [-0.1, -0.05) is 6.07 Å². The Morgan fingerprint density at radius 3 is 2.35 bits per heavy atom. The molecule has 92 valence electrons. The number of benzene rings is 1. The molecule has 0 unspecified atom stereocenters. The zero-order valence-electron chi connectivity index (χ0n) is 9.51. The Morgan fingerprint density at radius 2 is 1.94 bits per heavy atom. The highest BCUT2D eigenvalue weighted by Crippen LogP contribution is 2.62. The largest absolute Gasteiger partial charge is 0.379 e. The third-order valence-corrected chi connectivity index (χ3v) is 4.40. The third-order valence-electron chi connectivity index (χ3n) is 4.40. The lowest BCUT2D eigenvalue weighted by atomic mass is 9.66. The molecule has 4 heteroatoms. The highest BCUT2D eigenvalue weighted by Gasteiger charge is 2.63. The first kappa shape index (κ1) is 11.1. The van der Waals surface area contributed by atoms with E-state index in [-0.39, 0.29) is 10.8 Å². The van der Waals surface area contributed by atoms with Gasteiger partial charge in [0, 0.05) is 6.07 Å². The van der Waals surface area contributed by atoms with Crippen LogP contribution >= 0.6 is 0 Å². The molecule has 0 radical (unpaired) electrons. The van der Waals surface area contributed by atoms with Gasteiger partial charge in [-0.3, -0.25) is 0 Å². The zero-order valence-corrected chi connectivity index (χ0v) is 9.51. The molecule has 0 spiro atoms. The predicted molar refractivity (Wildman–Crippen MR) is 59.6 cm³/mol. The Morgan fingerprint density at radius 1 is 1.24 bits per heavy atom. The van der Waals surface area contributed by atoms with E-state index in [1.807, 2.05) is 0 Å². The summed E-state index contributed by atoms with van der Waals surface area (Å²) in [5.74, 6) is -1.02. The van der Waals surface area contributed by atoms with E-state index in [2.05, 4.69) is 0 Å². The van der Waals surface area contributed by atoms with Crippen molar-refractivity contribution in [2.24, 2.45) is 11.1 Å². The van der Waals surface area contributed by atoms with E-state index in [0.29, 0.717) is 25.3 Å². The molecular weight excluding hydrogens is 224 g/mol. The van der Waals surface area contributed by atoms with Gasteiger partial charge in [0.2, 0.25) is 0 Å². The fourth-order valence-corrected chi connectivity index (χ4v) is 2.96. The number of hydrogen-bond acceptors (Lipinski definition) is 2. The lowest BCUT2D eigenvalue weighted by Crippen LogP contribution is -2.56. The first-order valence-corrected chi connectivity index (χ1v) is 5.87. The standard InChI is InChI=1S/C13H15F2NO/c14-9-1-2-10(11(15)5-9)13(7-17-8-13)12(6-16)3-4-12/h1-2,5H,3-4,6-8,16H2. The van der Waals surface area contributed by atoms with Crippen LogP contribution in [0.1, 0.15) is 18.4 Å². The molecule has 2 aliphatic rings. The molecule has 1 saturated heterocycles. The monoisotopic (exact) mass is 239 g/mol. The molecule has 1 aromatic rings. The van der Waals surface area contributed by atoms with Crippen LogP contribution in [-0.2, 0) is 10.2 Å². The molecule has 3 rings (SSSR count). The molecule has 0 atom stereocenters. The zero-order chi connectivity index (χ0) is 12.1. The van der Waals surface area contributed by atoms with Crippen molar-refractivity contribution >= 4 is 0 Å². The van der Waals surface area contributed by atoms with E-state index < -0.39 is 11.6 Å². The van der Waals surface area contributed by atoms with Gasteiger partial charge in [0.15, 0.2) is 0 Å². The van der Waals surface area contributed by atoms with Crippen molar-refractivity contribution in [1.29, 1.82) is 0 Å². The number of rotatable bonds is 3. The molecule has 2 nitrogen and oxygen atoms in total. The Kier molecular flexibility index (Phi) is 2.28. The molecule has 0 aromatic heterocycles. The highest BCUT2D eigenvalue weighted by molar-refractivity contribution is 5.36. The minimum Gasteiger partial charge on any atom is -0.379 e. The van der Waals surface area contributed by atoms with Crippen LogP contribution < -0.4 is 5.73 Å². The molecule has 0 bridgehead atoms. The van der Waals surface area contributed by atoms with Gasteiger partial charge in [0.25, 0.3) is 0 Å². The van der Waals surface area contributed by atoms with Crippen LogP contribution in [0.5, 0.6) is 0 Å². The van der Waals surface area contributed by atoms with E-state index in [1.54, 1.807) is 6.07 Å². The van der Waals surface area contributed by atoms with E-state index in [0.717, 1.165) is 18.9 Å². The summed E-state index contributed by atoms with van der Waals surface area (Å²) in [6.07, 6.45) is 2.01. The maximum absolute atomic E-state index is 13.9. The fourth-order valence-electron chi connectivity index (χ4n) is 2.96. The molecule has 17 heavy (non-hydrogen) atoms. The maximum Gasteiger partial charge on any atom is 0.130 e. The van der Waals surface area contributed by atoms with Crippen molar-refractivity contribution in [1.82, 2.24) is 0 Å². The lowest BCUT2D eigenvalue weighted by molar-refractivity contribution is -0.0989. The average molecular weight is 239 g/mol. The number of nitrogens with two attached hydrogens (primary N) is 1. The van der Waals surface area contributed by atoms with Gasteiger partial charge in [-0.15, -0.1) is 0 Å². The van der Waals surface area contributed by atoms with Crippen molar-refractivity contribution in [2.75, 3.05) is 19.8 Å². The smallest absolute Gasteiger partial charge is 0.130 e. The van der Waals surface area contributed by atoms with Crippen LogP contribution in [-0.4, -0.2) is 19.8 Å². The van der Waals surface area contributed by atoms with E-state index >= 15 is 0 Å². The lowest BCUT2D eigenvalue weighted by Gasteiger charge is -2.48. The first-order chi connectivity index (χ1) is 8.13. The molecule has 1 saturated carbocycles.